The highest BCUT2D eigenvalue weighted by Gasteiger charge is 2.58. The van der Waals surface area contributed by atoms with E-state index in [9.17, 15) is 9.59 Å². The zero-order valence-electron chi connectivity index (χ0n) is 18.4. The Bertz CT molecular complexity index is 984. The summed E-state index contributed by atoms with van der Waals surface area (Å²) in [4.78, 5) is 31.5. The Morgan fingerprint density at radius 3 is 2.68 bits per heavy atom. The molecule has 2 aliphatic heterocycles. The Kier molecular flexibility index (Phi) is 4.64. The predicted molar refractivity (Wildman–Crippen MR) is 112 cm³/mol. The first-order chi connectivity index (χ1) is 14.7. The smallest absolute Gasteiger partial charge is 0.410 e. The highest BCUT2D eigenvalue weighted by atomic mass is 16.6. The van der Waals surface area contributed by atoms with E-state index in [4.69, 9.17) is 13.9 Å². The number of furan rings is 1. The van der Waals surface area contributed by atoms with Crippen LogP contribution in [0.1, 0.15) is 36.7 Å². The highest BCUT2D eigenvalue weighted by molar-refractivity contribution is 5.91. The Labute approximate surface area is 181 Å². The van der Waals surface area contributed by atoms with Gasteiger partial charge >= 0.3 is 12.0 Å². The number of hydrogen-bond donors (Lipinski definition) is 0. The predicted octanol–water partition coefficient (Wildman–Crippen LogP) is 3.07. The zero-order chi connectivity index (χ0) is 21.9. The lowest BCUT2D eigenvalue weighted by atomic mass is 9.90. The molecule has 0 radical (unpaired) electrons. The van der Waals surface area contributed by atoms with Crippen molar-refractivity contribution in [2.24, 2.45) is 11.3 Å². The molecule has 3 aliphatic rings. The highest BCUT2D eigenvalue weighted by Crippen LogP contribution is 2.60. The first-order valence-corrected chi connectivity index (χ1v) is 11.0. The Balaban J connectivity index is 1.17. The van der Waals surface area contributed by atoms with Crippen LogP contribution in [0.4, 0.5) is 4.79 Å². The number of ether oxygens (including phenoxy) is 2. The number of aromatic nitrogens is 1. The van der Waals surface area contributed by atoms with Crippen LogP contribution in [-0.2, 0) is 9.47 Å². The van der Waals surface area contributed by atoms with E-state index in [2.05, 4.69) is 4.98 Å². The van der Waals surface area contributed by atoms with E-state index < -0.39 is 5.60 Å². The molecule has 5 rings (SSSR count). The lowest BCUT2D eigenvalue weighted by Gasteiger charge is -2.40. The van der Waals surface area contributed by atoms with E-state index in [1.807, 2.05) is 32.0 Å². The molecule has 1 saturated carbocycles. The molecule has 166 valence electrons. The van der Waals surface area contributed by atoms with Gasteiger partial charge in [-0.15, -0.1) is 0 Å². The molecule has 4 heterocycles. The fourth-order valence-electron chi connectivity index (χ4n) is 5.08. The molecule has 0 N–H and O–H groups in total. The number of rotatable bonds is 4. The van der Waals surface area contributed by atoms with Gasteiger partial charge in [-0.3, -0.25) is 9.47 Å². The van der Waals surface area contributed by atoms with Crippen LogP contribution in [0.25, 0.3) is 11.0 Å². The van der Waals surface area contributed by atoms with Gasteiger partial charge in [-0.1, -0.05) is 0 Å². The van der Waals surface area contributed by atoms with Crippen LogP contribution in [0.2, 0.25) is 0 Å². The van der Waals surface area contributed by atoms with Crippen molar-refractivity contribution >= 4 is 23.0 Å². The van der Waals surface area contributed by atoms with Crippen LogP contribution in [0.3, 0.4) is 0 Å². The summed E-state index contributed by atoms with van der Waals surface area (Å²) in [6, 6.07) is 3.66. The first kappa shape index (κ1) is 20.5. The molecule has 2 amide bonds. The van der Waals surface area contributed by atoms with Gasteiger partial charge in [0.25, 0.3) is 0 Å². The van der Waals surface area contributed by atoms with Crippen molar-refractivity contribution in [1.29, 1.82) is 0 Å². The molecule has 0 bridgehead atoms. The lowest BCUT2D eigenvalue weighted by molar-refractivity contribution is -0.810. The average Bonchev–Trinajstić information content (AvgIpc) is 3.17. The molecule has 0 aromatic carbocycles. The Morgan fingerprint density at radius 2 is 2.03 bits per heavy atom. The molecule has 8 nitrogen and oxygen atoms in total. The van der Waals surface area contributed by atoms with Crippen molar-refractivity contribution < 1.29 is 28.0 Å². The molecule has 1 atom stereocenters. The second-order valence-corrected chi connectivity index (χ2v) is 10.3. The van der Waals surface area contributed by atoms with Gasteiger partial charge in [-0.25, -0.2) is 9.59 Å². The molecule has 2 aromatic heterocycles. The minimum atomic E-state index is -0.469. The molecule has 1 unspecified atom stereocenters. The molecular weight excluding hydrogens is 398 g/mol. The third kappa shape index (κ3) is 3.72. The van der Waals surface area contributed by atoms with Crippen LogP contribution in [-0.4, -0.2) is 78.9 Å². The van der Waals surface area contributed by atoms with Crippen LogP contribution < -0.4 is 0 Å². The standard InChI is InChI=1S/C23H30N3O5/c1-22(14-29-15-22)31-21(28)25-8-5-23(6-9-25)11-17(23)13-26(2,3)20(27)18-10-16-4-7-24-12-19(16)30-18/h4,7,10,12,17H,5-6,8-9,11,13-15H2,1-3H3/q+1. The van der Waals surface area contributed by atoms with Crippen LogP contribution >= 0.6 is 0 Å². The molecule has 31 heavy (non-hydrogen) atoms. The number of piperidine rings is 1. The number of fused-ring (bicyclic) bond motifs is 1. The Hall–Kier alpha value is -2.45. The van der Waals surface area contributed by atoms with Gasteiger partial charge in [0, 0.05) is 36.7 Å². The maximum atomic E-state index is 13.2. The van der Waals surface area contributed by atoms with Crippen LogP contribution in [0, 0.1) is 11.3 Å². The maximum absolute atomic E-state index is 13.2. The summed E-state index contributed by atoms with van der Waals surface area (Å²) in [5.74, 6) is 0.845. The summed E-state index contributed by atoms with van der Waals surface area (Å²) >= 11 is 0. The maximum Gasteiger partial charge on any atom is 0.410 e. The van der Waals surface area contributed by atoms with E-state index in [-0.39, 0.29) is 21.9 Å². The minimum Gasteiger partial charge on any atom is -0.445 e. The van der Waals surface area contributed by atoms with Gasteiger partial charge in [0.2, 0.25) is 5.76 Å². The molecule has 2 saturated heterocycles. The van der Waals surface area contributed by atoms with Gasteiger partial charge in [0.05, 0.1) is 40.1 Å². The van der Waals surface area contributed by atoms with Crippen LogP contribution in [0.15, 0.2) is 28.9 Å². The quantitative estimate of drug-likeness (QED) is 0.696. The van der Waals surface area contributed by atoms with E-state index in [0.29, 0.717) is 43.6 Å². The van der Waals surface area contributed by atoms with E-state index in [0.717, 1.165) is 31.2 Å². The number of amides is 2. The molecule has 1 spiro atoms. The van der Waals surface area contributed by atoms with E-state index >= 15 is 0 Å². The monoisotopic (exact) mass is 428 g/mol. The largest absolute Gasteiger partial charge is 0.445 e. The summed E-state index contributed by atoms with van der Waals surface area (Å²) in [5, 5.41) is 0.892. The summed E-state index contributed by atoms with van der Waals surface area (Å²) < 4.78 is 16.8. The number of pyridine rings is 1. The van der Waals surface area contributed by atoms with Gasteiger partial charge < -0.3 is 18.8 Å². The van der Waals surface area contributed by atoms with Crippen molar-refractivity contribution in [2.45, 2.75) is 31.8 Å². The fourth-order valence-corrected chi connectivity index (χ4v) is 5.08. The first-order valence-electron chi connectivity index (χ1n) is 11.0. The lowest BCUT2D eigenvalue weighted by Crippen LogP contribution is -2.53. The van der Waals surface area contributed by atoms with Crippen LogP contribution in [0.5, 0.6) is 0 Å². The third-order valence-electron chi connectivity index (χ3n) is 7.29. The fraction of sp³-hybridized carbons (Fsp3) is 0.609. The van der Waals surface area contributed by atoms with Crippen molar-refractivity contribution in [3.63, 3.8) is 0 Å². The van der Waals surface area contributed by atoms with Crippen molar-refractivity contribution in [3.05, 3.63) is 30.3 Å². The molecule has 1 aliphatic carbocycles. The number of quaternary nitrogens is 1. The zero-order valence-corrected chi connectivity index (χ0v) is 18.4. The average molecular weight is 429 g/mol. The molecule has 8 heteroatoms. The number of hydrogen-bond acceptors (Lipinski definition) is 6. The normalized spacial score (nSPS) is 24.1. The summed E-state index contributed by atoms with van der Waals surface area (Å²) in [5.41, 5.74) is 0.409. The number of carbonyl (C=O) groups excluding carboxylic acids is 2. The number of nitrogens with zero attached hydrogens (tertiary/aromatic N) is 3. The third-order valence-corrected chi connectivity index (χ3v) is 7.29. The molecule has 3 fully saturated rings. The van der Waals surface area contributed by atoms with Gasteiger partial charge in [0.15, 0.2) is 11.2 Å². The van der Waals surface area contributed by atoms with E-state index in [1.54, 1.807) is 18.5 Å². The van der Waals surface area contributed by atoms with Crippen molar-refractivity contribution in [3.8, 4) is 0 Å². The van der Waals surface area contributed by atoms with Gasteiger partial charge in [0.1, 0.15) is 0 Å². The second-order valence-electron chi connectivity index (χ2n) is 10.3. The van der Waals surface area contributed by atoms with E-state index in [1.165, 1.54) is 0 Å². The number of likely N-dealkylation sites (tertiary alicyclic amines) is 1. The minimum absolute atomic E-state index is 0.0183. The van der Waals surface area contributed by atoms with Crippen molar-refractivity contribution in [1.82, 2.24) is 9.88 Å². The van der Waals surface area contributed by atoms with Gasteiger partial charge in [-0.2, -0.15) is 0 Å². The van der Waals surface area contributed by atoms with Gasteiger partial charge in [-0.05, 0) is 37.7 Å². The SMILES string of the molecule is CC1(OC(=O)N2CCC3(CC2)CC3C[N+](C)(C)C(=O)c2cc3ccncc3o2)COC1. The second kappa shape index (κ2) is 7.03. The topological polar surface area (TPSA) is 81.9 Å². The molecule has 2 aromatic rings. The van der Waals surface area contributed by atoms with Crippen molar-refractivity contribution in [2.75, 3.05) is 46.9 Å². The Morgan fingerprint density at radius 1 is 1.29 bits per heavy atom. The molecular formula is C23H30N3O5+. The summed E-state index contributed by atoms with van der Waals surface area (Å²) in [7, 11) is 3.90. The summed E-state index contributed by atoms with van der Waals surface area (Å²) in [6.07, 6.45) is 6.14. The summed E-state index contributed by atoms with van der Waals surface area (Å²) in [6.45, 7) is 5.05. The number of carbonyl (C=O) groups is 2.